The molecule has 3 heterocycles. The van der Waals surface area contributed by atoms with Gasteiger partial charge in [-0.15, -0.1) is 0 Å². The highest BCUT2D eigenvalue weighted by molar-refractivity contribution is 7.07. The molecule has 0 unspecified atom stereocenters. The third kappa shape index (κ3) is 5.40. The minimum atomic E-state index is -0.909. The van der Waals surface area contributed by atoms with Gasteiger partial charge in [0.25, 0.3) is 5.56 Å². The van der Waals surface area contributed by atoms with Crippen molar-refractivity contribution in [1.82, 2.24) is 9.13 Å². The van der Waals surface area contributed by atoms with E-state index in [0.717, 1.165) is 16.5 Å². The average molecular weight is 610 g/mol. The van der Waals surface area contributed by atoms with Crippen LogP contribution in [0, 0.1) is 5.82 Å². The van der Waals surface area contributed by atoms with Crippen molar-refractivity contribution in [2.75, 3.05) is 13.2 Å². The molecule has 10 heteroatoms. The van der Waals surface area contributed by atoms with Gasteiger partial charge in [-0.1, -0.05) is 72.0 Å². The normalized spacial score (nSPS) is 14.8. The maximum atomic E-state index is 14.2. The van der Waals surface area contributed by atoms with Crippen LogP contribution in [0.4, 0.5) is 4.39 Å². The highest BCUT2D eigenvalue weighted by atomic mass is 32.1. The van der Waals surface area contributed by atoms with Gasteiger partial charge in [0.05, 0.1) is 35.1 Å². The van der Waals surface area contributed by atoms with Crippen molar-refractivity contribution in [3.05, 3.63) is 133 Å². The number of carbonyl (C=O) groups is 2. The first kappa shape index (κ1) is 29.0. The van der Waals surface area contributed by atoms with E-state index in [1.165, 1.54) is 28.0 Å². The zero-order valence-corrected chi connectivity index (χ0v) is 24.8. The third-order valence-electron chi connectivity index (χ3n) is 7.27. The summed E-state index contributed by atoms with van der Waals surface area (Å²) in [6, 6.07) is 21.6. The van der Waals surface area contributed by atoms with Crippen LogP contribution in [0.15, 0.2) is 100 Å². The van der Waals surface area contributed by atoms with E-state index in [9.17, 15) is 18.8 Å². The number of hydrogen-bond donors (Lipinski definition) is 0. The molecule has 0 spiro atoms. The Morgan fingerprint density at radius 2 is 1.66 bits per heavy atom. The summed E-state index contributed by atoms with van der Waals surface area (Å²) in [5.74, 6) is -1.41. The second kappa shape index (κ2) is 12.3. The van der Waals surface area contributed by atoms with Gasteiger partial charge in [-0.2, -0.15) is 0 Å². The molecule has 0 bridgehead atoms. The summed E-state index contributed by atoms with van der Waals surface area (Å²) < 4.78 is 28.3. The van der Waals surface area contributed by atoms with Gasteiger partial charge < -0.3 is 14.0 Å². The number of hydrogen-bond acceptors (Lipinski definition) is 7. The molecule has 222 valence electrons. The highest BCUT2D eigenvalue weighted by Crippen LogP contribution is 2.35. The number of para-hydroxylation sites is 1. The fourth-order valence-corrected chi connectivity index (χ4v) is 6.40. The lowest BCUT2D eigenvalue weighted by Crippen LogP contribution is -2.40. The topological polar surface area (TPSA) is 91.9 Å². The average Bonchev–Trinajstić information content (AvgIpc) is 3.53. The van der Waals surface area contributed by atoms with Crippen molar-refractivity contribution in [3.8, 4) is 0 Å². The predicted molar refractivity (Wildman–Crippen MR) is 166 cm³/mol. The van der Waals surface area contributed by atoms with Crippen LogP contribution in [-0.2, 0) is 25.6 Å². The SMILES string of the molecule is CCOC(=O)Cn1cc(/C=c2\sc3n(c2=O)[C@@H](c2ccc(F)cc2)C(C(=O)OCC)=C(c2ccccc2)N=3)c2ccccc21. The number of thiazole rings is 1. The maximum Gasteiger partial charge on any atom is 0.338 e. The molecule has 8 nitrogen and oxygen atoms in total. The second-order valence-corrected chi connectivity index (χ2v) is 11.0. The predicted octanol–water partition coefficient (Wildman–Crippen LogP) is 4.59. The van der Waals surface area contributed by atoms with Gasteiger partial charge in [0, 0.05) is 28.2 Å². The van der Waals surface area contributed by atoms with Crippen LogP contribution in [0.3, 0.4) is 0 Å². The van der Waals surface area contributed by atoms with Gasteiger partial charge in [-0.3, -0.25) is 14.2 Å². The van der Waals surface area contributed by atoms with E-state index < -0.39 is 17.8 Å². The minimum absolute atomic E-state index is 0.0251. The first-order chi connectivity index (χ1) is 21.4. The monoisotopic (exact) mass is 609 g/mol. The molecule has 0 amide bonds. The third-order valence-corrected chi connectivity index (χ3v) is 8.25. The molecule has 1 aliphatic heterocycles. The Labute approximate surface area is 255 Å². The smallest absolute Gasteiger partial charge is 0.338 e. The van der Waals surface area contributed by atoms with Crippen LogP contribution in [0.5, 0.6) is 0 Å². The molecule has 0 N–H and O–H groups in total. The van der Waals surface area contributed by atoms with E-state index in [0.29, 0.717) is 26.2 Å². The quantitative estimate of drug-likeness (QED) is 0.240. The Balaban J connectivity index is 1.59. The number of ether oxygens (including phenoxy) is 2. The van der Waals surface area contributed by atoms with Gasteiger partial charge in [-0.05, 0) is 43.7 Å². The Hall–Kier alpha value is -5.09. The first-order valence-electron chi connectivity index (χ1n) is 14.2. The molecule has 0 saturated carbocycles. The number of aromatic nitrogens is 2. The van der Waals surface area contributed by atoms with Crippen molar-refractivity contribution < 1.29 is 23.5 Å². The van der Waals surface area contributed by atoms with E-state index in [-0.39, 0.29) is 36.9 Å². The molecule has 1 atom stereocenters. The fourth-order valence-electron chi connectivity index (χ4n) is 5.41. The Bertz CT molecular complexity index is 2090. The molecule has 1 aliphatic rings. The number of fused-ring (bicyclic) bond motifs is 2. The van der Waals surface area contributed by atoms with Crippen LogP contribution in [0.2, 0.25) is 0 Å². The summed E-state index contributed by atoms with van der Waals surface area (Å²) in [5.41, 5.74) is 2.99. The van der Waals surface area contributed by atoms with E-state index in [4.69, 9.17) is 14.5 Å². The van der Waals surface area contributed by atoms with Crippen LogP contribution < -0.4 is 14.9 Å². The summed E-state index contributed by atoms with van der Waals surface area (Å²) >= 11 is 1.19. The van der Waals surface area contributed by atoms with Crippen LogP contribution in [0.25, 0.3) is 22.7 Å². The zero-order chi connectivity index (χ0) is 30.8. The molecule has 0 aliphatic carbocycles. The van der Waals surface area contributed by atoms with E-state index >= 15 is 0 Å². The summed E-state index contributed by atoms with van der Waals surface area (Å²) in [6.07, 6.45) is 3.59. The maximum absolute atomic E-state index is 14.2. The number of esters is 2. The molecular formula is C34H28FN3O5S. The Morgan fingerprint density at radius 3 is 2.39 bits per heavy atom. The van der Waals surface area contributed by atoms with Crippen molar-refractivity contribution in [3.63, 3.8) is 0 Å². The van der Waals surface area contributed by atoms with Crippen molar-refractivity contribution in [2.45, 2.75) is 26.4 Å². The molecule has 3 aromatic carbocycles. The molecule has 6 rings (SSSR count). The number of halogens is 1. The largest absolute Gasteiger partial charge is 0.465 e. The molecule has 0 saturated heterocycles. The minimum Gasteiger partial charge on any atom is -0.465 e. The van der Waals surface area contributed by atoms with Crippen LogP contribution >= 0.6 is 11.3 Å². The first-order valence-corrected chi connectivity index (χ1v) is 15.0. The van der Waals surface area contributed by atoms with Crippen LogP contribution in [-0.4, -0.2) is 34.3 Å². The Kier molecular flexibility index (Phi) is 8.08. The molecule has 44 heavy (non-hydrogen) atoms. The second-order valence-electron chi connectivity index (χ2n) is 10.0. The Morgan fingerprint density at radius 1 is 0.955 bits per heavy atom. The summed E-state index contributed by atoms with van der Waals surface area (Å²) in [5, 5.41) is 0.856. The number of rotatable bonds is 8. The highest BCUT2D eigenvalue weighted by Gasteiger charge is 2.35. The number of nitrogens with zero attached hydrogens (tertiary/aromatic N) is 3. The van der Waals surface area contributed by atoms with Gasteiger partial charge >= 0.3 is 11.9 Å². The summed E-state index contributed by atoms with van der Waals surface area (Å²) in [6.45, 7) is 3.89. The standard InChI is InChI=1S/C34H28FN3O5S/c1-3-42-28(39)20-37-19-23(25-12-8-9-13-26(25)37)18-27-32(40)38-31(22-14-16-24(35)17-15-22)29(33(41)43-4-2)30(36-34(38)44-27)21-10-6-5-7-11-21/h5-19,31H,3-4,20H2,1-2H3/b27-18-/t31-/m0/s1. The molecule has 5 aromatic rings. The molecule has 0 radical (unpaired) electrons. The van der Waals surface area contributed by atoms with E-state index in [1.807, 2.05) is 60.8 Å². The zero-order valence-electron chi connectivity index (χ0n) is 24.0. The lowest BCUT2D eigenvalue weighted by molar-refractivity contribution is -0.143. The molecular weight excluding hydrogens is 581 g/mol. The number of benzene rings is 3. The van der Waals surface area contributed by atoms with Crippen molar-refractivity contribution in [1.29, 1.82) is 0 Å². The van der Waals surface area contributed by atoms with E-state index in [2.05, 4.69) is 0 Å². The van der Waals surface area contributed by atoms with Gasteiger partial charge in [0.1, 0.15) is 12.4 Å². The lowest BCUT2D eigenvalue weighted by Gasteiger charge is -2.25. The van der Waals surface area contributed by atoms with E-state index in [1.54, 1.807) is 36.6 Å². The molecule has 0 fully saturated rings. The van der Waals surface area contributed by atoms with Crippen molar-refractivity contribution >= 4 is 46.0 Å². The number of carbonyl (C=O) groups excluding carboxylic acids is 2. The van der Waals surface area contributed by atoms with Gasteiger partial charge in [0.2, 0.25) is 0 Å². The van der Waals surface area contributed by atoms with Crippen molar-refractivity contribution in [2.24, 2.45) is 4.99 Å². The van der Waals surface area contributed by atoms with Crippen LogP contribution in [0.1, 0.15) is 36.6 Å². The summed E-state index contributed by atoms with van der Waals surface area (Å²) in [4.78, 5) is 45.3. The molecule has 2 aromatic heterocycles. The fraction of sp³-hybridized carbons (Fsp3) is 0.176. The van der Waals surface area contributed by atoms with Gasteiger partial charge in [0.15, 0.2) is 4.80 Å². The summed E-state index contributed by atoms with van der Waals surface area (Å²) in [7, 11) is 0. The van der Waals surface area contributed by atoms with Gasteiger partial charge in [-0.25, -0.2) is 14.2 Å². The lowest BCUT2D eigenvalue weighted by atomic mass is 9.93.